The van der Waals surface area contributed by atoms with Crippen LogP contribution < -0.4 is 16.2 Å². The van der Waals surface area contributed by atoms with Crippen molar-refractivity contribution in [3.05, 3.63) is 29.5 Å². The quantitative estimate of drug-likeness (QED) is 0.693. The summed E-state index contributed by atoms with van der Waals surface area (Å²) < 4.78 is 5.32. The van der Waals surface area contributed by atoms with Gasteiger partial charge in [0.15, 0.2) is 0 Å². The molecule has 2 aliphatic heterocycles. The normalized spacial score (nSPS) is 21.2. The Kier molecular flexibility index (Phi) is 6.57. The molecule has 2 amide bonds. The molecule has 1 aromatic carbocycles. The van der Waals surface area contributed by atoms with E-state index in [1.807, 2.05) is 18.3 Å². The van der Waals surface area contributed by atoms with Gasteiger partial charge in [0.2, 0.25) is 0 Å². The number of hydrogen-bond acceptors (Lipinski definition) is 6. The number of rotatable bonds is 3. The zero-order chi connectivity index (χ0) is 20.0. The Labute approximate surface area is 159 Å². The first-order chi connectivity index (χ1) is 12.8. The molecule has 1 aromatic rings. The molecule has 27 heavy (non-hydrogen) atoms. The van der Waals surface area contributed by atoms with E-state index in [1.54, 1.807) is 33.5 Å². The van der Waals surface area contributed by atoms with Gasteiger partial charge in [-0.1, -0.05) is 0 Å². The molecule has 5 N–H and O–H groups in total. The van der Waals surface area contributed by atoms with Gasteiger partial charge in [0.05, 0.1) is 24.9 Å². The van der Waals surface area contributed by atoms with Crippen LogP contribution in [0.25, 0.3) is 5.57 Å². The summed E-state index contributed by atoms with van der Waals surface area (Å²) >= 11 is 0. The monoisotopic (exact) mass is 373 g/mol. The zero-order valence-electron chi connectivity index (χ0n) is 16.0. The van der Waals surface area contributed by atoms with Crippen molar-refractivity contribution >= 4 is 29.7 Å². The molecule has 1 unspecified atom stereocenters. The molecule has 8 nitrogen and oxygen atoms in total. The van der Waals surface area contributed by atoms with Crippen LogP contribution in [0.3, 0.4) is 0 Å². The minimum absolute atomic E-state index is 0.363. The number of hydrogen-bond donors (Lipinski definition) is 3. The molecule has 1 fully saturated rings. The van der Waals surface area contributed by atoms with Crippen LogP contribution in [0, 0.1) is 0 Å². The molecule has 8 heteroatoms. The third kappa shape index (κ3) is 4.85. The van der Waals surface area contributed by atoms with E-state index < -0.39 is 11.6 Å². The smallest absolute Gasteiger partial charge is 0.314 e. The maximum Gasteiger partial charge on any atom is 0.314 e. The maximum atomic E-state index is 10.5. The fourth-order valence-corrected chi connectivity index (χ4v) is 3.09. The van der Waals surface area contributed by atoms with E-state index in [4.69, 9.17) is 16.2 Å². The molecule has 0 saturated carbocycles. The van der Waals surface area contributed by atoms with E-state index >= 15 is 0 Å². The summed E-state index contributed by atoms with van der Waals surface area (Å²) in [5, 5.41) is 9.36. The number of primary amides is 1. The lowest BCUT2D eigenvalue weighted by Crippen LogP contribution is -2.37. The van der Waals surface area contributed by atoms with Gasteiger partial charge in [0, 0.05) is 55.3 Å². The number of β-amino-alcohol motifs (C(OH)–C–C–N with tert-alkyl or cyclic N) is 1. The first kappa shape index (κ1) is 20.4. The number of urea groups is 1. The van der Waals surface area contributed by atoms with Crippen molar-refractivity contribution in [2.45, 2.75) is 25.4 Å². The molecule has 1 atom stereocenters. The molecule has 1 saturated heterocycles. The van der Waals surface area contributed by atoms with E-state index in [0.29, 0.717) is 19.5 Å². The van der Waals surface area contributed by atoms with Crippen LogP contribution in [0.5, 0.6) is 5.75 Å². The number of methoxy groups -OCH3 is 1. The number of likely N-dealkylation sites (tertiary alicyclic amines) is 1. The van der Waals surface area contributed by atoms with Crippen LogP contribution in [0.15, 0.2) is 28.3 Å². The third-order valence-corrected chi connectivity index (χ3v) is 4.50. The van der Waals surface area contributed by atoms with Crippen molar-refractivity contribution in [1.82, 2.24) is 4.90 Å². The SMILES string of the molecule is CC1(O)CCN(C(N)=O)C1.CN=CC(=CN)c1ccc(OC)c2c1N=CC2. The number of amides is 2. The fourth-order valence-electron chi connectivity index (χ4n) is 3.09. The number of allylic oxidation sites excluding steroid dienone is 1. The molecule has 0 spiro atoms. The molecule has 0 aromatic heterocycles. The number of benzene rings is 1. The average molecular weight is 373 g/mol. The van der Waals surface area contributed by atoms with Gasteiger partial charge >= 0.3 is 6.03 Å². The minimum atomic E-state index is -0.727. The number of aliphatic imine (C=N–C) groups is 2. The molecule has 0 bridgehead atoms. The van der Waals surface area contributed by atoms with Gasteiger partial charge in [-0.05, 0) is 25.5 Å². The second kappa shape index (κ2) is 8.68. The molecule has 2 aliphatic rings. The molecule has 146 valence electrons. The molecular weight excluding hydrogens is 346 g/mol. The van der Waals surface area contributed by atoms with Crippen molar-refractivity contribution < 1.29 is 14.6 Å². The first-order valence-electron chi connectivity index (χ1n) is 8.66. The maximum absolute atomic E-state index is 10.5. The number of carbonyl (C=O) groups is 1. The van der Waals surface area contributed by atoms with Crippen LogP contribution in [-0.2, 0) is 6.42 Å². The third-order valence-electron chi connectivity index (χ3n) is 4.50. The van der Waals surface area contributed by atoms with Crippen molar-refractivity contribution in [3.8, 4) is 5.75 Å². The molecule has 0 aliphatic carbocycles. The van der Waals surface area contributed by atoms with E-state index in [1.165, 1.54) is 4.90 Å². The highest BCUT2D eigenvalue weighted by atomic mass is 16.5. The average Bonchev–Trinajstić information content (AvgIpc) is 3.26. The molecule has 2 heterocycles. The fraction of sp³-hybridized carbons (Fsp3) is 0.421. The van der Waals surface area contributed by atoms with Crippen LogP contribution >= 0.6 is 0 Å². The second-order valence-corrected chi connectivity index (χ2v) is 6.67. The summed E-state index contributed by atoms with van der Waals surface area (Å²) in [5.41, 5.74) is 13.8. The predicted octanol–water partition coefficient (Wildman–Crippen LogP) is 1.48. The summed E-state index contributed by atoms with van der Waals surface area (Å²) in [5.74, 6) is 0.867. The van der Waals surface area contributed by atoms with Crippen LogP contribution in [-0.4, -0.2) is 61.3 Å². The number of fused-ring (bicyclic) bond motifs is 1. The Morgan fingerprint density at radius 1 is 1.48 bits per heavy atom. The Bertz CT molecular complexity index is 784. The van der Waals surface area contributed by atoms with Gasteiger partial charge in [-0.25, -0.2) is 4.79 Å². The first-order valence-corrected chi connectivity index (χ1v) is 8.66. The van der Waals surface area contributed by atoms with E-state index in [0.717, 1.165) is 34.6 Å². The predicted molar refractivity (Wildman–Crippen MR) is 108 cm³/mol. The van der Waals surface area contributed by atoms with Crippen LogP contribution in [0.2, 0.25) is 0 Å². The summed E-state index contributed by atoms with van der Waals surface area (Å²) in [6.07, 6.45) is 6.58. The van der Waals surface area contributed by atoms with Crippen molar-refractivity contribution in [2.24, 2.45) is 21.5 Å². The second-order valence-electron chi connectivity index (χ2n) is 6.67. The summed E-state index contributed by atoms with van der Waals surface area (Å²) in [4.78, 5) is 20.4. The van der Waals surface area contributed by atoms with Gasteiger partial charge in [0.1, 0.15) is 5.75 Å². The Morgan fingerprint density at radius 2 is 2.22 bits per heavy atom. The van der Waals surface area contributed by atoms with Gasteiger partial charge in [-0.3, -0.25) is 9.98 Å². The highest BCUT2D eigenvalue weighted by Gasteiger charge is 2.32. The van der Waals surface area contributed by atoms with Gasteiger partial charge in [-0.2, -0.15) is 0 Å². The number of carbonyl (C=O) groups excluding carboxylic acids is 1. The van der Waals surface area contributed by atoms with Crippen molar-refractivity contribution in [1.29, 1.82) is 0 Å². The van der Waals surface area contributed by atoms with Crippen LogP contribution in [0.4, 0.5) is 10.5 Å². The van der Waals surface area contributed by atoms with E-state index in [-0.39, 0.29) is 0 Å². The molecular formula is C19H27N5O3. The van der Waals surface area contributed by atoms with Crippen molar-refractivity contribution in [2.75, 3.05) is 27.2 Å². The number of ether oxygens (including phenoxy) is 1. The highest BCUT2D eigenvalue weighted by molar-refractivity contribution is 6.12. The van der Waals surface area contributed by atoms with Crippen molar-refractivity contribution in [3.63, 3.8) is 0 Å². The molecule has 0 radical (unpaired) electrons. The van der Waals surface area contributed by atoms with Gasteiger partial charge < -0.3 is 26.2 Å². The van der Waals surface area contributed by atoms with E-state index in [2.05, 4.69) is 9.98 Å². The lowest BCUT2D eigenvalue weighted by Gasteiger charge is -2.16. The molecule has 3 rings (SSSR count). The van der Waals surface area contributed by atoms with Gasteiger partial charge in [0.25, 0.3) is 0 Å². The van der Waals surface area contributed by atoms with Crippen LogP contribution in [0.1, 0.15) is 24.5 Å². The lowest BCUT2D eigenvalue weighted by atomic mass is 10.0. The van der Waals surface area contributed by atoms with Gasteiger partial charge in [-0.15, -0.1) is 0 Å². The minimum Gasteiger partial charge on any atom is -0.496 e. The lowest BCUT2D eigenvalue weighted by molar-refractivity contribution is 0.0725. The Hall–Kier alpha value is -2.87. The zero-order valence-corrected chi connectivity index (χ0v) is 16.0. The number of aliphatic hydroxyl groups is 1. The summed E-state index contributed by atoms with van der Waals surface area (Å²) in [7, 11) is 3.39. The number of nitrogens with two attached hydrogens (primary N) is 2. The Morgan fingerprint density at radius 3 is 2.70 bits per heavy atom. The Balaban J connectivity index is 0.000000223. The number of nitrogens with zero attached hydrogens (tertiary/aromatic N) is 3. The van der Waals surface area contributed by atoms with E-state index in [9.17, 15) is 9.90 Å². The summed E-state index contributed by atoms with van der Waals surface area (Å²) in [6.45, 7) is 2.64. The topological polar surface area (TPSA) is 127 Å². The largest absolute Gasteiger partial charge is 0.496 e. The highest BCUT2D eigenvalue weighted by Crippen LogP contribution is 2.38. The summed E-state index contributed by atoms with van der Waals surface area (Å²) in [6, 6.07) is 3.45. The standard InChI is InChI=1S/C13H15N3O.C6H12N2O2/c1-15-8-9(7-14)10-3-4-12(17-2)11-5-6-16-13(10)11;1-6(10)2-3-8(4-6)5(7)9/h3-4,6-8H,5,14H2,1-2H3;10H,2-4H2,1H3,(H2,7,9).